The third kappa shape index (κ3) is 3.87. The Kier molecular flexibility index (Phi) is 5.35. The van der Waals surface area contributed by atoms with Gasteiger partial charge in [-0.1, -0.05) is 12.1 Å². The Labute approximate surface area is 146 Å². The first-order valence-electron chi connectivity index (χ1n) is 8.24. The van der Waals surface area contributed by atoms with Crippen LogP contribution in [0.1, 0.15) is 17.1 Å². The molecule has 1 aliphatic rings. The molecule has 1 saturated heterocycles. The molecular weight excluding hydrogens is 322 g/mol. The maximum atomic E-state index is 12.4. The van der Waals surface area contributed by atoms with Gasteiger partial charge in [-0.05, 0) is 25.5 Å². The van der Waals surface area contributed by atoms with Crippen molar-refractivity contribution in [3.05, 3.63) is 40.3 Å². The number of benzene rings is 1. The van der Waals surface area contributed by atoms with Crippen LogP contribution in [0.15, 0.2) is 29.6 Å². The predicted octanol–water partition coefficient (Wildman–Crippen LogP) is 2.74. The zero-order valence-electron chi connectivity index (χ0n) is 14.2. The molecule has 0 bridgehead atoms. The van der Waals surface area contributed by atoms with Crippen LogP contribution in [0.4, 0.5) is 5.69 Å². The number of thiazole rings is 1. The Morgan fingerprint density at radius 1 is 1.25 bits per heavy atom. The molecule has 0 spiro atoms. The average molecular weight is 345 g/mol. The molecule has 1 aliphatic heterocycles. The molecule has 2 aromatic rings. The molecular formula is C18H23N3O2S. The second-order valence-electron chi connectivity index (χ2n) is 5.90. The minimum absolute atomic E-state index is 0.223. The lowest BCUT2D eigenvalue weighted by atomic mass is 10.2. The van der Waals surface area contributed by atoms with Crippen LogP contribution in [-0.2, 0) is 11.2 Å². The van der Waals surface area contributed by atoms with E-state index in [0.717, 1.165) is 54.7 Å². The SMILES string of the molecule is COc1ccccc1N1CCN(C(=O)CCc2csc(C)n2)CC1. The lowest BCUT2D eigenvalue weighted by molar-refractivity contribution is -0.131. The van der Waals surface area contributed by atoms with Gasteiger partial charge in [-0.3, -0.25) is 4.79 Å². The Hall–Kier alpha value is -2.08. The van der Waals surface area contributed by atoms with Gasteiger partial charge in [0.15, 0.2) is 0 Å². The number of aromatic nitrogens is 1. The van der Waals surface area contributed by atoms with E-state index < -0.39 is 0 Å². The summed E-state index contributed by atoms with van der Waals surface area (Å²) in [6.07, 6.45) is 1.27. The van der Waals surface area contributed by atoms with E-state index in [9.17, 15) is 4.79 Å². The second-order valence-corrected chi connectivity index (χ2v) is 6.96. The first-order chi connectivity index (χ1) is 11.7. The number of carbonyl (C=O) groups is 1. The van der Waals surface area contributed by atoms with Crippen LogP contribution in [0.3, 0.4) is 0 Å². The summed E-state index contributed by atoms with van der Waals surface area (Å²) in [7, 11) is 1.69. The van der Waals surface area contributed by atoms with Crippen LogP contribution in [0.2, 0.25) is 0 Å². The molecule has 0 saturated carbocycles. The standard InChI is InChI=1S/C18H23N3O2S/c1-14-19-15(13-24-14)7-8-18(22)21-11-9-20(10-12-21)16-5-3-4-6-17(16)23-2/h3-6,13H,7-12H2,1-2H3. The third-order valence-corrected chi connectivity index (χ3v) is 5.14. The Morgan fingerprint density at radius 3 is 2.67 bits per heavy atom. The zero-order chi connectivity index (χ0) is 16.9. The summed E-state index contributed by atoms with van der Waals surface area (Å²) in [5, 5.41) is 3.10. The molecule has 0 unspecified atom stereocenters. The van der Waals surface area contributed by atoms with E-state index in [-0.39, 0.29) is 5.91 Å². The zero-order valence-corrected chi connectivity index (χ0v) is 15.0. The molecule has 0 aliphatic carbocycles. The van der Waals surface area contributed by atoms with Crippen molar-refractivity contribution in [3.8, 4) is 5.75 Å². The molecule has 3 rings (SSSR count). The maximum Gasteiger partial charge on any atom is 0.223 e. The average Bonchev–Trinajstić information content (AvgIpc) is 3.05. The number of piperazine rings is 1. The van der Waals surface area contributed by atoms with Crippen molar-refractivity contribution in [2.75, 3.05) is 38.2 Å². The molecule has 1 fully saturated rings. The largest absolute Gasteiger partial charge is 0.495 e. The molecule has 0 N–H and O–H groups in total. The molecule has 1 aromatic heterocycles. The summed E-state index contributed by atoms with van der Waals surface area (Å²) < 4.78 is 5.43. The molecule has 6 heteroatoms. The number of hydrogen-bond donors (Lipinski definition) is 0. The van der Waals surface area contributed by atoms with E-state index in [0.29, 0.717) is 6.42 Å². The molecule has 24 heavy (non-hydrogen) atoms. The van der Waals surface area contributed by atoms with Gasteiger partial charge in [0, 0.05) is 38.0 Å². The summed E-state index contributed by atoms with van der Waals surface area (Å²) in [5.41, 5.74) is 2.13. The van der Waals surface area contributed by atoms with Crippen molar-refractivity contribution >= 4 is 22.9 Å². The number of para-hydroxylation sites is 2. The van der Waals surface area contributed by atoms with Gasteiger partial charge in [-0.25, -0.2) is 4.98 Å². The summed E-state index contributed by atoms with van der Waals surface area (Å²) in [5.74, 6) is 1.11. The van der Waals surface area contributed by atoms with Gasteiger partial charge in [0.1, 0.15) is 5.75 Å². The number of aryl methyl sites for hydroxylation is 2. The van der Waals surface area contributed by atoms with Gasteiger partial charge < -0.3 is 14.5 Å². The maximum absolute atomic E-state index is 12.4. The quantitative estimate of drug-likeness (QED) is 0.836. The van der Waals surface area contributed by atoms with E-state index in [1.165, 1.54) is 0 Å². The van der Waals surface area contributed by atoms with Gasteiger partial charge in [0.2, 0.25) is 5.91 Å². The molecule has 0 atom stereocenters. The number of rotatable bonds is 5. The first kappa shape index (κ1) is 16.8. The minimum atomic E-state index is 0.223. The number of carbonyl (C=O) groups excluding carboxylic acids is 1. The van der Waals surface area contributed by atoms with Gasteiger partial charge in [-0.15, -0.1) is 11.3 Å². The van der Waals surface area contributed by atoms with Crippen molar-refractivity contribution in [3.63, 3.8) is 0 Å². The smallest absolute Gasteiger partial charge is 0.223 e. The van der Waals surface area contributed by atoms with Crippen LogP contribution in [0, 0.1) is 6.92 Å². The molecule has 5 nitrogen and oxygen atoms in total. The third-order valence-electron chi connectivity index (χ3n) is 4.32. The Bertz CT molecular complexity index is 693. The lowest BCUT2D eigenvalue weighted by Crippen LogP contribution is -2.48. The van der Waals surface area contributed by atoms with Crippen molar-refractivity contribution < 1.29 is 9.53 Å². The van der Waals surface area contributed by atoms with Crippen molar-refractivity contribution in [2.24, 2.45) is 0 Å². The van der Waals surface area contributed by atoms with Gasteiger partial charge in [0.25, 0.3) is 0 Å². The highest BCUT2D eigenvalue weighted by molar-refractivity contribution is 7.09. The van der Waals surface area contributed by atoms with E-state index in [4.69, 9.17) is 4.74 Å². The second kappa shape index (κ2) is 7.66. The molecule has 1 amide bonds. The van der Waals surface area contributed by atoms with Gasteiger partial charge in [-0.2, -0.15) is 0 Å². The summed E-state index contributed by atoms with van der Waals surface area (Å²) >= 11 is 1.64. The number of anilines is 1. The van der Waals surface area contributed by atoms with E-state index in [1.807, 2.05) is 35.4 Å². The van der Waals surface area contributed by atoms with Crippen molar-refractivity contribution in [1.29, 1.82) is 0 Å². The van der Waals surface area contributed by atoms with E-state index in [2.05, 4.69) is 16.0 Å². The van der Waals surface area contributed by atoms with Crippen LogP contribution in [-0.4, -0.2) is 49.1 Å². The van der Waals surface area contributed by atoms with Crippen LogP contribution < -0.4 is 9.64 Å². The Morgan fingerprint density at radius 2 is 2.00 bits per heavy atom. The Balaban J connectivity index is 1.52. The normalized spacial score (nSPS) is 14.8. The fraction of sp³-hybridized carbons (Fsp3) is 0.444. The van der Waals surface area contributed by atoms with E-state index in [1.54, 1.807) is 18.4 Å². The van der Waals surface area contributed by atoms with Gasteiger partial charge >= 0.3 is 0 Å². The minimum Gasteiger partial charge on any atom is -0.495 e. The van der Waals surface area contributed by atoms with Crippen molar-refractivity contribution in [1.82, 2.24) is 9.88 Å². The highest BCUT2D eigenvalue weighted by Crippen LogP contribution is 2.28. The monoisotopic (exact) mass is 345 g/mol. The van der Waals surface area contributed by atoms with Gasteiger partial charge in [0.05, 0.1) is 23.5 Å². The molecule has 1 aromatic carbocycles. The number of methoxy groups -OCH3 is 1. The first-order valence-corrected chi connectivity index (χ1v) is 9.12. The molecule has 128 valence electrons. The number of nitrogens with zero attached hydrogens (tertiary/aromatic N) is 3. The predicted molar refractivity (Wildman–Crippen MR) is 97.0 cm³/mol. The number of hydrogen-bond acceptors (Lipinski definition) is 5. The summed E-state index contributed by atoms with van der Waals surface area (Å²) in [4.78, 5) is 21.1. The van der Waals surface area contributed by atoms with Crippen LogP contribution in [0.25, 0.3) is 0 Å². The fourth-order valence-electron chi connectivity index (χ4n) is 3.00. The lowest BCUT2D eigenvalue weighted by Gasteiger charge is -2.36. The molecule has 2 heterocycles. The number of amides is 1. The highest BCUT2D eigenvalue weighted by atomic mass is 32.1. The fourth-order valence-corrected chi connectivity index (χ4v) is 3.65. The number of ether oxygens (including phenoxy) is 1. The topological polar surface area (TPSA) is 45.7 Å². The van der Waals surface area contributed by atoms with Crippen LogP contribution in [0.5, 0.6) is 5.75 Å². The van der Waals surface area contributed by atoms with Crippen molar-refractivity contribution in [2.45, 2.75) is 19.8 Å². The molecule has 0 radical (unpaired) electrons. The highest BCUT2D eigenvalue weighted by Gasteiger charge is 2.22. The van der Waals surface area contributed by atoms with Crippen LogP contribution >= 0.6 is 11.3 Å². The van der Waals surface area contributed by atoms with E-state index >= 15 is 0 Å². The summed E-state index contributed by atoms with van der Waals surface area (Å²) in [6.45, 7) is 5.18. The summed E-state index contributed by atoms with van der Waals surface area (Å²) in [6, 6.07) is 8.04.